The Kier molecular flexibility index (Phi) is 5.43. The van der Waals surface area contributed by atoms with Crippen molar-refractivity contribution >= 4 is 10.0 Å². The summed E-state index contributed by atoms with van der Waals surface area (Å²) >= 11 is 0. The molecule has 0 bridgehead atoms. The van der Waals surface area contributed by atoms with Gasteiger partial charge in [0.05, 0.1) is 18.6 Å². The molecule has 1 unspecified atom stereocenters. The molecule has 1 aromatic heterocycles. The van der Waals surface area contributed by atoms with Crippen LogP contribution in [0.4, 0.5) is 0 Å². The molecule has 0 amide bonds. The third-order valence-corrected chi connectivity index (χ3v) is 6.15. The first-order valence-corrected chi connectivity index (χ1v) is 9.95. The Morgan fingerprint density at radius 1 is 1.15 bits per heavy atom. The van der Waals surface area contributed by atoms with Gasteiger partial charge in [0.2, 0.25) is 15.9 Å². The van der Waals surface area contributed by atoms with Crippen LogP contribution in [0.2, 0.25) is 0 Å². The lowest BCUT2D eigenvalue weighted by molar-refractivity contribution is 0.124. The zero-order valence-corrected chi connectivity index (χ0v) is 16.0. The zero-order valence-electron chi connectivity index (χ0n) is 15.2. The average Bonchev–Trinajstić information content (AvgIpc) is 2.61. The maximum atomic E-state index is 12.9. The highest BCUT2D eigenvalue weighted by molar-refractivity contribution is 7.89. The second-order valence-corrected chi connectivity index (χ2v) is 8.25. The summed E-state index contributed by atoms with van der Waals surface area (Å²) in [5, 5.41) is 0. The van der Waals surface area contributed by atoms with E-state index in [4.69, 9.17) is 9.47 Å². The molecule has 1 aromatic carbocycles. The first-order chi connectivity index (χ1) is 12.4. The Morgan fingerprint density at radius 3 is 2.54 bits per heavy atom. The molecule has 1 saturated heterocycles. The number of aryl methyl sites for hydroxylation is 2. The van der Waals surface area contributed by atoms with Gasteiger partial charge in [0, 0.05) is 18.3 Å². The molecule has 3 rings (SSSR count). The molecule has 26 heavy (non-hydrogen) atoms. The van der Waals surface area contributed by atoms with Crippen LogP contribution in [0.15, 0.2) is 35.2 Å². The number of aromatic nitrogens is 2. The predicted octanol–water partition coefficient (Wildman–Crippen LogP) is 2.33. The fourth-order valence-electron chi connectivity index (χ4n) is 3.03. The van der Waals surface area contributed by atoms with Crippen LogP contribution in [0.25, 0.3) is 0 Å². The van der Waals surface area contributed by atoms with E-state index in [1.807, 2.05) is 6.92 Å². The number of hydrogen-bond donors (Lipinski definition) is 0. The first-order valence-electron chi connectivity index (χ1n) is 8.51. The van der Waals surface area contributed by atoms with E-state index in [9.17, 15) is 8.42 Å². The summed E-state index contributed by atoms with van der Waals surface area (Å²) in [5.74, 6) is 1.75. The van der Waals surface area contributed by atoms with E-state index in [-0.39, 0.29) is 11.0 Å². The van der Waals surface area contributed by atoms with Gasteiger partial charge in [0.15, 0.2) is 0 Å². The Morgan fingerprint density at radius 2 is 1.88 bits per heavy atom. The van der Waals surface area contributed by atoms with Gasteiger partial charge < -0.3 is 9.47 Å². The molecule has 1 aliphatic rings. The number of sulfonamides is 1. The van der Waals surface area contributed by atoms with Crippen molar-refractivity contribution in [3.05, 3.63) is 41.9 Å². The van der Waals surface area contributed by atoms with Crippen molar-refractivity contribution in [2.24, 2.45) is 0 Å². The summed E-state index contributed by atoms with van der Waals surface area (Å²) in [7, 11) is -2.02. The maximum absolute atomic E-state index is 12.9. The largest absolute Gasteiger partial charge is 0.497 e. The maximum Gasteiger partial charge on any atom is 0.243 e. The van der Waals surface area contributed by atoms with Crippen LogP contribution in [0.3, 0.4) is 0 Å². The summed E-state index contributed by atoms with van der Waals surface area (Å²) in [6.07, 6.45) is 1.30. The topological polar surface area (TPSA) is 81.6 Å². The van der Waals surface area contributed by atoms with E-state index in [1.165, 1.54) is 4.31 Å². The van der Waals surface area contributed by atoms with Crippen LogP contribution in [-0.2, 0) is 10.0 Å². The summed E-state index contributed by atoms with van der Waals surface area (Å²) < 4.78 is 38.3. The second kappa shape index (κ2) is 7.59. The van der Waals surface area contributed by atoms with E-state index in [0.29, 0.717) is 30.5 Å². The van der Waals surface area contributed by atoms with Gasteiger partial charge in [-0.1, -0.05) is 0 Å². The highest BCUT2D eigenvalue weighted by Gasteiger charge is 2.31. The third kappa shape index (κ3) is 4.13. The number of hydrogen-bond acceptors (Lipinski definition) is 6. The number of nitrogens with zero attached hydrogens (tertiary/aromatic N) is 3. The van der Waals surface area contributed by atoms with Gasteiger partial charge in [-0.25, -0.2) is 13.4 Å². The minimum atomic E-state index is -3.56. The van der Waals surface area contributed by atoms with Crippen molar-refractivity contribution in [1.82, 2.24) is 14.3 Å². The number of piperidine rings is 1. The van der Waals surface area contributed by atoms with Crippen LogP contribution < -0.4 is 9.47 Å². The highest BCUT2D eigenvalue weighted by Crippen LogP contribution is 2.24. The van der Waals surface area contributed by atoms with Crippen molar-refractivity contribution in [1.29, 1.82) is 0 Å². The minimum Gasteiger partial charge on any atom is -0.497 e. The summed E-state index contributed by atoms with van der Waals surface area (Å²) in [6.45, 7) is 4.47. The molecule has 7 nitrogen and oxygen atoms in total. The molecule has 0 spiro atoms. The lowest BCUT2D eigenvalue weighted by Crippen LogP contribution is -2.44. The van der Waals surface area contributed by atoms with Crippen molar-refractivity contribution in [3.8, 4) is 11.6 Å². The molecule has 2 aromatic rings. The molecular formula is C18H23N3O4S. The van der Waals surface area contributed by atoms with Gasteiger partial charge in [-0.2, -0.15) is 9.29 Å². The van der Waals surface area contributed by atoms with Crippen LogP contribution in [0.5, 0.6) is 11.6 Å². The number of ether oxygens (including phenoxy) is 2. The predicted molar refractivity (Wildman–Crippen MR) is 96.9 cm³/mol. The van der Waals surface area contributed by atoms with Gasteiger partial charge in [0.1, 0.15) is 17.7 Å². The Bertz CT molecular complexity index is 848. The van der Waals surface area contributed by atoms with E-state index < -0.39 is 10.0 Å². The summed E-state index contributed by atoms with van der Waals surface area (Å²) in [5.41, 5.74) is 0.825. The number of rotatable bonds is 5. The second-order valence-electron chi connectivity index (χ2n) is 6.32. The standard InChI is InChI=1S/C18H23N3O4S/c1-13-11-18(20-14(2)19-13)25-16-5-4-10-21(12-16)26(22,23)17-8-6-15(24-3)7-9-17/h6-9,11,16H,4-5,10,12H2,1-3H3. The molecule has 1 fully saturated rings. The fraction of sp³-hybridized carbons (Fsp3) is 0.444. The fourth-order valence-corrected chi connectivity index (χ4v) is 4.54. The van der Waals surface area contributed by atoms with Crippen molar-refractivity contribution in [2.45, 2.75) is 37.7 Å². The summed E-state index contributed by atoms with van der Waals surface area (Å²) in [4.78, 5) is 8.76. The van der Waals surface area contributed by atoms with Gasteiger partial charge in [0.25, 0.3) is 0 Å². The minimum absolute atomic E-state index is 0.231. The number of benzene rings is 1. The van der Waals surface area contributed by atoms with Crippen molar-refractivity contribution in [2.75, 3.05) is 20.2 Å². The van der Waals surface area contributed by atoms with E-state index >= 15 is 0 Å². The van der Waals surface area contributed by atoms with E-state index in [2.05, 4.69) is 9.97 Å². The van der Waals surface area contributed by atoms with Crippen molar-refractivity contribution < 1.29 is 17.9 Å². The lowest BCUT2D eigenvalue weighted by Gasteiger charge is -2.31. The SMILES string of the molecule is COc1ccc(S(=O)(=O)N2CCCC(Oc3cc(C)nc(C)n3)C2)cc1. The molecule has 0 N–H and O–H groups in total. The Balaban J connectivity index is 1.74. The van der Waals surface area contributed by atoms with E-state index in [1.54, 1.807) is 44.4 Å². The van der Waals surface area contributed by atoms with Crippen LogP contribution in [-0.4, -0.2) is 49.0 Å². The molecule has 2 heterocycles. The molecule has 0 saturated carbocycles. The van der Waals surface area contributed by atoms with Crippen molar-refractivity contribution in [3.63, 3.8) is 0 Å². The molecule has 1 aliphatic heterocycles. The zero-order chi connectivity index (χ0) is 18.7. The molecule has 1 atom stereocenters. The van der Waals surface area contributed by atoms with Gasteiger partial charge >= 0.3 is 0 Å². The first kappa shape index (κ1) is 18.6. The Hall–Kier alpha value is -2.19. The number of methoxy groups -OCH3 is 1. The van der Waals surface area contributed by atoms with Crippen LogP contribution >= 0.6 is 0 Å². The lowest BCUT2D eigenvalue weighted by atomic mass is 10.1. The third-order valence-electron chi connectivity index (χ3n) is 4.27. The molecule has 0 aliphatic carbocycles. The Labute approximate surface area is 154 Å². The van der Waals surface area contributed by atoms with Gasteiger partial charge in [-0.3, -0.25) is 0 Å². The quantitative estimate of drug-likeness (QED) is 0.795. The molecule has 140 valence electrons. The van der Waals surface area contributed by atoms with Crippen LogP contribution in [0, 0.1) is 13.8 Å². The summed E-state index contributed by atoms with van der Waals surface area (Å²) in [6, 6.07) is 8.20. The van der Waals surface area contributed by atoms with Gasteiger partial charge in [-0.05, 0) is 51.0 Å². The molecule has 0 radical (unpaired) electrons. The molecular weight excluding hydrogens is 354 g/mol. The molecule has 8 heteroatoms. The van der Waals surface area contributed by atoms with Gasteiger partial charge in [-0.15, -0.1) is 0 Å². The smallest absolute Gasteiger partial charge is 0.243 e. The average molecular weight is 377 g/mol. The van der Waals surface area contributed by atoms with E-state index in [0.717, 1.165) is 18.5 Å². The van der Waals surface area contributed by atoms with Crippen LogP contribution in [0.1, 0.15) is 24.4 Å². The normalized spacial score (nSPS) is 18.5. The highest BCUT2D eigenvalue weighted by atomic mass is 32.2. The monoisotopic (exact) mass is 377 g/mol.